The highest BCUT2D eigenvalue weighted by atomic mass is 32.2. The molecule has 2 atom stereocenters. The second-order valence-corrected chi connectivity index (χ2v) is 9.69. The van der Waals surface area contributed by atoms with Crippen molar-refractivity contribution in [3.63, 3.8) is 0 Å². The molecule has 0 saturated carbocycles. The van der Waals surface area contributed by atoms with Gasteiger partial charge in [-0.3, -0.25) is 4.79 Å². The summed E-state index contributed by atoms with van der Waals surface area (Å²) in [6, 6.07) is 16.1. The van der Waals surface area contributed by atoms with Gasteiger partial charge in [0, 0.05) is 23.7 Å². The number of benzene rings is 2. The molecule has 0 aromatic heterocycles. The maximum atomic E-state index is 13.2. The van der Waals surface area contributed by atoms with Crippen LogP contribution in [-0.2, 0) is 10.0 Å². The molecule has 4 rings (SSSR count). The molecule has 1 N–H and O–H groups in total. The maximum absolute atomic E-state index is 13.2. The molecule has 2 bridgehead atoms. The molecule has 2 aromatic carbocycles. The Kier molecular flexibility index (Phi) is 5.25. The molecule has 5 nitrogen and oxygen atoms in total. The van der Waals surface area contributed by atoms with E-state index in [1.165, 1.54) is 0 Å². The van der Waals surface area contributed by atoms with Gasteiger partial charge in [-0.25, -0.2) is 8.42 Å². The fraction of sp³-hybridized carbons (Fsp3) is 0.409. The molecule has 2 unspecified atom stereocenters. The van der Waals surface area contributed by atoms with Crippen LogP contribution >= 0.6 is 0 Å². The zero-order valence-electron chi connectivity index (χ0n) is 16.0. The lowest BCUT2D eigenvalue weighted by molar-refractivity contribution is 0.0796. The van der Waals surface area contributed by atoms with Gasteiger partial charge in [0.1, 0.15) is 0 Å². The number of fused-ring (bicyclic) bond motifs is 2. The van der Waals surface area contributed by atoms with E-state index in [9.17, 15) is 13.2 Å². The Balaban J connectivity index is 1.53. The summed E-state index contributed by atoms with van der Waals surface area (Å²) in [6.45, 7) is 1.93. The zero-order valence-corrected chi connectivity index (χ0v) is 16.9. The number of nitrogens with zero attached hydrogens (tertiary/aromatic N) is 1. The third-order valence-corrected chi connectivity index (χ3v) is 7.97. The van der Waals surface area contributed by atoms with Crippen molar-refractivity contribution in [3.8, 4) is 0 Å². The molecule has 2 heterocycles. The summed E-state index contributed by atoms with van der Waals surface area (Å²) in [5, 5.41) is 3.16. The minimum absolute atomic E-state index is 0.00429. The smallest absolute Gasteiger partial charge is 0.251 e. The topological polar surface area (TPSA) is 66.5 Å². The van der Waals surface area contributed by atoms with Crippen LogP contribution in [0.25, 0.3) is 0 Å². The van der Waals surface area contributed by atoms with Gasteiger partial charge in [-0.1, -0.05) is 42.8 Å². The van der Waals surface area contributed by atoms with Gasteiger partial charge in [0.2, 0.25) is 10.0 Å². The van der Waals surface area contributed by atoms with Crippen LogP contribution in [0.1, 0.15) is 48.0 Å². The SMILES string of the molecule is Cc1ccccc1C(=O)NC1CC2CCCC(C1)N2S(=O)(=O)c1ccccc1. The van der Waals surface area contributed by atoms with Crippen molar-refractivity contribution >= 4 is 15.9 Å². The van der Waals surface area contributed by atoms with Gasteiger partial charge in [-0.05, 0) is 56.4 Å². The summed E-state index contributed by atoms with van der Waals surface area (Å²) in [7, 11) is -3.51. The van der Waals surface area contributed by atoms with Crippen LogP contribution in [0.5, 0.6) is 0 Å². The lowest BCUT2D eigenvalue weighted by Gasteiger charge is -2.47. The minimum atomic E-state index is -3.51. The first-order valence-corrected chi connectivity index (χ1v) is 11.4. The Hall–Kier alpha value is -2.18. The molecular formula is C22H26N2O3S. The number of nitrogens with one attached hydrogen (secondary N) is 1. The van der Waals surface area contributed by atoms with Gasteiger partial charge < -0.3 is 5.32 Å². The van der Waals surface area contributed by atoms with Crippen molar-refractivity contribution in [2.75, 3.05) is 0 Å². The maximum Gasteiger partial charge on any atom is 0.251 e. The first kappa shape index (κ1) is 19.2. The quantitative estimate of drug-likeness (QED) is 0.857. The second-order valence-electron chi connectivity index (χ2n) is 7.84. The number of hydrogen-bond acceptors (Lipinski definition) is 3. The summed E-state index contributed by atoms with van der Waals surface area (Å²) in [4.78, 5) is 13.1. The number of piperidine rings is 2. The molecular weight excluding hydrogens is 372 g/mol. The van der Waals surface area contributed by atoms with E-state index < -0.39 is 10.0 Å². The summed E-state index contributed by atoms with van der Waals surface area (Å²) in [5.74, 6) is -0.0689. The molecule has 28 heavy (non-hydrogen) atoms. The summed E-state index contributed by atoms with van der Waals surface area (Å²) in [6.07, 6.45) is 4.06. The molecule has 0 radical (unpaired) electrons. The Morgan fingerprint density at radius 1 is 0.964 bits per heavy atom. The molecule has 6 heteroatoms. The molecule has 148 valence electrons. The van der Waals surface area contributed by atoms with E-state index in [0.717, 1.165) is 24.8 Å². The Bertz CT molecular complexity index is 945. The number of aryl methyl sites for hydroxylation is 1. The number of amides is 1. The molecule has 2 saturated heterocycles. The van der Waals surface area contributed by atoms with Gasteiger partial charge in [0.05, 0.1) is 4.90 Å². The molecule has 2 aromatic rings. The highest BCUT2D eigenvalue weighted by Crippen LogP contribution is 2.38. The number of carbonyl (C=O) groups is 1. The molecule has 0 spiro atoms. The van der Waals surface area contributed by atoms with Crippen molar-refractivity contribution in [2.24, 2.45) is 0 Å². The predicted molar refractivity (Wildman–Crippen MR) is 109 cm³/mol. The summed E-state index contributed by atoms with van der Waals surface area (Å²) < 4.78 is 28.2. The molecule has 2 fully saturated rings. The number of rotatable bonds is 4. The fourth-order valence-electron chi connectivity index (χ4n) is 4.65. The van der Waals surface area contributed by atoms with Crippen LogP contribution in [0, 0.1) is 6.92 Å². The van der Waals surface area contributed by atoms with Crippen LogP contribution < -0.4 is 5.32 Å². The predicted octanol–water partition coefficient (Wildman–Crippen LogP) is 3.50. The van der Waals surface area contributed by atoms with Crippen molar-refractivity contribution in [2.45, 2.75) is 62.0 Å². The van der Waals surface area contributed by atoms with E-state index in [1.807, 2.05) is 37.3 Å². The summed E-state index contributed by atoms with van der Waals surface area (Å²) in [5.41, 5.74) is 1.64. The van der Waals surface area contributed by atoms with Gasteiger partial charge >= 0.3 is 0 Å². The highest BCUT2D eigenvalue weighted by molar-refractivity contribution is 7.89. The average Bonchev–Trinajstić information content (AvgIpc) is 2.68. The summed E-state index contributed by atoms with van der Waals surface area (Å²) >= 11 is 0. The Morgan fingerprint density at radius 3 is 2.21 bits per heavy atom. The van der Waals surface area contributed by atoms with E-state index in [0.29, 0.717) is 23.3 Å². The first-order chi connectivity index (χ1) is 13.5. The van der Waals surface area contributed by atoms with E-state index in [2.05, 4.69) is 5.32 Å². The molecule has 0 aliphatic carbocycles. The van der Waals surface area contributed by atoms with E-state index in [4.69, 9.17) is 0 Å². The molecule has 2 aliphatic rings. The number of sulfonamides is 1. The van der Waals surface area contributed by atoms with E-state index >= 15 is 0 Å². The van der Waals surface area contributed by atoms with Crippen LogP contribution in [0.3, 0.4) is 0 Å². The van der Waals surface area contributed by atoms with Crippen LogP contribution in [0.15, 0.2) is 59.5 Å². The van der Waals surface area contributed by atoms with Crippen molar-refractivity contribution < 1.29 is 13.2 Å². The normalized spacial score (nSPS) is 25.2. The van der Waals surface area contributed by atoms with Crippen molar-refractivity contribution in [1.82, 2.24) is 9.62 Å². The van der Waals surface area contributed by atoms with E-state index in [-0.39, 0.29) is 24.0 Å². The number of carbonyl (C=O) groups excluding carboxylic acids is 1. The zero-order chi connectivity index (χ0) is 19.7. The Labute approximate surface area is 166 Å². The van der Waals surface area contributed by atoms with E-state index in [1.54, 1.807) is 28.6 Å². The van der Waals surface area contributed by atoms with Crippen molar-refractivity contribution in [1.29, 1.82) is 0 Å². The second kappa shape index (κ2) is 7.68. The van der Waals surface area contributed by atoms with Crippen LogP contribution in [0.2, 0.25) is 0 Å². The third kappa shape index (κ3) is 3.59. The fourth-order valence-corrected chi connectivity index (χ4v) is 6.57. The van der Waals surface area contributed by atoms with Gasteiger partial charge in [0.25, 0.3) is 5.91 Å². The standard InChI is InChI=1S/C22H26N2O3S/c1-16-8-5-6-13-21(16)22(25)23-17-14-18-9-7-10-19(15-17)24(18)28(26,27)20-11-3-2-4-12-20/h2-6,8,11-13,17-19H,7,9-10,14-15H2,1H3,(H,23,25). The van der Waals surface area contributed by atoms with Gasteiger partial charge in [0.15, 0.2) is 0 Å². The molecule has 1 amide bonds. The average molecular weight is 399 g/mol. The molecule has 2 aliphatic heterocycles. The third-order valence-electron chi connectivity index (χ3n) is 5.95. The lowest BCUT2D eigenvalue weighted by Crippen LogP contribution is -2.58. The largest absolute Gasteiger partial charge is 0.349 e. The lowest BCUT2D eigenvalue weighted by atomic mass is 9.84. The Morgan fingerprint density at radius 2 is 1.57 bits per heavy atom. The van der Waals surface area contributed by atoms with Crippen LogP contribution in [0.4, 0.5) is 0 Å². The van der Waals surface area contributed by atoms with Crippen LogP contribution in [-0.4, -0.2) is 36.8 Å². The minimum Gasteiger partial charge on any atom is -0.349 e. The monoisotopic (exact) mass is 398 g/mol. The van der Waals surface area contributed by atoms with Gasteiger partial charge in [-0.2, -0.15) is 4.31 Å². The first-order valence-electron chi connectivity index (χ1n) is 9.92. The van der Waals surface area contributed by atoms with Gasteiger partial charge in [-0.15, -0.1) is 0 Å². The highest BCUT2D eigenvalue weighted by Gasteiger charge is 2.45. The van der Waals surface area contributed by atoms with Crippen molar-refractivity contribution in [3.05, 3.63) is 65.7 Å². The number of hydrogen-bond donors (Lipinski definition) is 1.